The maximum atomic E-state index is 15.9. The van der Waals surface area contributed by atoms with Crippen molar-refractivity contribution in [1.82, 2.24) is 20.0 Å². The first-order valence-corrected chi connectivity index (χ1v) is 28.2. The highest BCUT2D eigenvalue weighted by molar-refractivity contribution is 6.12. The van der Waals surface area contributed by atoms with Crippen LogP contribution in [0.4, 0.5) is 4.79 Å². The molecule has 0 unspecified atom stereocenters. The van der Waals surface area contributed by atoms with Gasteiger partial charge in [-0.1, -0.05) is 140 Å². The van der Waals surface area contributed by atoms with E-state index in [0.29, 0.717) is 25.7 Å². The van der Waals surface area contributed by atoms with Gasteiger partial charge in [0.05, 0.1) is 23.5 Å². The Morgan fingerprint density at radius 1 is 0.457 bits per heavy atom. The number of imide groups is 1. The van der Waals surface area contributed by atoms with Crippen LogP contribution in [0.3, 0.4) is 0 Å². The zero-order valence-electron chi connectivity index (χ0n) is 43.4. The molecule has 1 aromatic rings. The fourth-order valence-electron chi connectivity index (χ4n) is 11.5. The summed E-state index contributed by atoms with van der Waals surface area (Å²) in [5.41, 5.74) is 1.97. The molecule has 6 aliphatic carbocycles. The summed E-state index contributed by atoms with van der Waals surface area (Å²) < 4.78 is 0. The Balaban J connectivity index is 1.39. The maximum absolute atomic E-state index is 15.9. The molecule has 0 radical (unpaired) electrons. The third-order valence-electron chi connectivity index (χ3n) is 16.0. The number of carbonyl (C=O) groups is 4. The molecule has 6 saturated carbocycles. The van der Waals surface area contributed by atoms with E-state index < -0.39 is 23.8 Å². The summed E-state index contributed by atoms with van der Waals surface area (Å²) in [5.74, 6) is -1.33. The number of carbonyl (C=O) groups excluding carboxylic acids is 4. The van der Waals surface area contributed by atoms with E-state index in [2.05, 4.69) is 15.6 Å². The Morgan fingerprint density at radius 2 is 0.757 bits per heavy atom. The highest BCUT2D eigenvalue weighted by atomic mass is 16.7. The Morgan fingerprint density at radius 3 is 1.10 bits per heavy atom. The number of aliphatic imine (C=N–C) groups is 2. The van der Waals surface area contributed by atoms with Crippen molar-refractivity contribution in [3.8, 4) is 0 Å². The molecule has 5 amide bonds. The van der Waals surface area contributed by atoms with E-state index >= 15 is 14.4 Å². The van der Waals surface area contributed by atoms with Crippen molar-refractivity contribution < 1.29 is 28.9 Å². The number of nitrogens with one attached hydrogen (secondary N) is 1. The molecular weight excluding hydrogens is 881 g/mol. The topological polar surface area (TPSA) is 158 Å². The van der Waals surface area contributed by atoms with Gasteiger partial charge < -0.3 is 15.0 Å². The van der Waals surface area contributed by atoms with E-state index in [1.54, 1.807) is 28.0 Å². The van der Waals surface area contributed by atoms with Crippen LogP contribution in [0.25, 0.3) is 0 Å². The minimum absolute atomic E-state index is 0.0138. The van der Waals surface area contributed by atoms with Crippen molar-refractivity contribution in [2.24, 2.45) is 20.3 Å². The molecule has 1 N–H and O–H groups in total. The van der Waals surface area contributed by atoms with Crippen molar-refractivity contribution in [2.75, 3.05) is 0 Å². The fraction of sp³-hybridized carbons (Fsp3) is 0.750. The second-order valence-corrected chi connectivity index (χ2v) is 21.4. The van der Waals surface area contributed by atoms with E-state index in [1.807, 2.05) is 27.7 Å². The molecule has 0 heterocycles. The molecule has 14 nitrogen and oxygen atoms in total. The number of nitrogens with zero attached hydrogens (tertiary/aromatic N) is 7. The first-order chi connectivity index (χ1) is 34.1. The minimum atomic E-state index is -0.511. The molecule has 0 aliphatic heterocycles. The quantitative estimate of drug-likeness (QED) is 0.118. The van der Waals surface area contributed by atoms with E-state index in [4.69, 9.17) is 19.7 Å². The number of amidine groups is 2. The number of amides is 5. The van der Waals surface area contributed by atoms with Gasteiger partial charge in [0.15, 0.2) is 0 Å². The highest BCUT2D eigenvalue weighted by Crippen LogP contribution is 2.32. The molecule has 6 aliphatic rings. The zero-order valence-corrected chi connectivity index (χ0v) is 43.4. The molecule has 7 rings (SSSR count). The smallest absolute Gasteiger partial charge is 0.325 e. The average Bonchev–Trinajstić information content (AvgIpc) is 3.40. The van der Waals surface area contributed by atoms with Crippen LogP contribution in [0.2, 0.25) is 0 Å². The average molecular weight is 967 g/mol. The lowest BCUT2D eigenvalue weighted by atomic mass is 9.92. The first-order valence-electron chi connectivity index (χ1n) is 28.2. The van der Waals surface area contributed by atoms with Gasteiger partial charge in [0.1, 0.15) is 0 Å². The standard InChI is InChI=1S/C56H86N8O6/c1-5-40(3)60-69-55(58-46-27-15-8-16-28-46)63(49-33-21-11-22-34-49)52(66)43-37-42(51(65)62(48-31-19-10-20-32-48)54(68)57-45-25-13-7-14-26-45)38-44(39-43)53(67)64(50-35-23-12-24-36-50)56(70-61-41(4)6-2)59-47-29-17-9-18-30-47/h37-39,45-50H,5-36H2,1-4H3,(H,57,68)/b58-55?,59-56?,60-40+,61-41+. The van der Waals surface area contributed by atoms with Crippen LogP contribution < -0.4 is 5.32 Å². The number of hydrogen-bond donors (Lipinski definition) is 1. The number of urea groups is 1. The van der Waals surface area contributed by atoms with Gasteiger partial charge >= 0.3 is 18.1 Å². The predicted octanol–water partition coefficient (Wildman–Crippen LogP) is 13.0. The van der Waals surface area contributed by atoms with E-state index in [1.165, 1.54) is 4.90 Å². The third kappa shape index (κ3) is 14.7. The lowest BCUT2D eigenvalue weighted by molar-refractivity contribution is 0.0701. The van der Waals surface area contributed by atoms with Crippen LogP contribution in [0.1, 0.15) is 264 Å². The van der Waals surface area contributed by atoms with Crippen molar-refractivity contribution >= 4 is 47.2 Å². The summed E-state index contributed by atoms with van der Waals surface area (Å²) in [6.07, 6.45) is 29.5. The van der Waals surface area contributed by atoms with Crippen molar-refractivity contribution in [3.05, 3.63) is 34.9 Å². The number of hydrogen-bond acceptors (Lipinski definition) is 10. The molecule has 0 aromatic heterocycles. The fourth-order valence-corrected chi connectivity index (χ4v) is 11.5. The predicted molar refractivity (Wildman–Crippen MR) is 279 cm³/mol. The van der Waals surface area contributed by atoms with Crippen LogP contribution >= 0.6 is 0 Å². The Kier molecular flexibility index (Phi) is 20.7. The van der Waals surface area contributed by atoms with Gasteiger partial charge in [-0.25, -0.2) is 14.8 Å². The van der Waals surface area contributed by atoms with E-state index in [-0.39, 0.29) is 65.0 Å². The van der Waals surface area contributed by atoms with Crippen LogP contribution in [0, 0.1) is 0 Å². The van der Waals surface area contributed by atoms with E-state index in [9.17, 15) is 4.79 Å². The van der Waals surface area contributed by atoms with Crippen molar-refractivity contribution in [2.45, 2.75) is 269 Å². The van der Waals surface area contributed by atoms with Gasteiger partial charge in [-0.3, -0.25) is 29.1 Å². The highest BCUT2D eigenvalue weighted by Gasteiger charge is 2.39. The largest absolute Gasteiger partial charge is 0.335 e. The van der Waals surface area contributed by atoms with Crippen LogP contribution in [-0.2, 0) is 9.68 Å². The summed E-state index contributed by atoms with van der Waals surface area (Å²) in [7, 11) is 0. The normalized spacial score (nSPS) is 21.8. The second-order valence-electron chi connectivity index (χ2n) is 21.4. The van der Waals surface area contributed by atoms with Crippen LogP contribution in [0.5, 0.6) is 0 Å². The van der Waals surface area contributed by atoms with Gasteiger partial charge in [0.2, 0.25) is 0 Å². The number of oxime groups is 2. The van der Waals surface area contributed by atoms with Crippen molar-refractivity contribution in [1.29, 1.82) is 0 Å². The summed E-state index contributed by atoms with van der Waals surface area (Å²) in [6, 6.07) is 3.92. The van der Waals surface area contributed by atoms with E-state index in [0.717, 1.165) is 191 Å². The summed E-state index contributed by atoms with van der Waals surface area (Å²) >= 11 is 0. The first kappa shape index (κ1) is 53.2. The molecule has 70 heavy (non-hydrogen) atoms. The molecule has 0 saturated heterocycles. The number of benzene rings is 1. The summed E-state index contributed by atoms with van der Waals surface area (Å²) in [6.45, 7) is 7.84. The lowest BCUT2D eigenvalue weighted by Gasteiger charge is -2.36. The molecule has 0 bridgehead atoms. The summed E-state index contributed by atoms with van der Waals surface area (Å²) in [4.78, 5) is 89.6. The monoisotopic (exact) mass is 967 g/mol. The van der Waals surface area contributed by atoms with Gasteiger partial charge in [0.25, 0.3) is 17.7 Å². The van der Waals surface area contributed by atoms with Crippen molar-refractivity contribution in [3.63, 3.8) is 0 Å². The molecule has 6 fully saturated rings. The summed E-state index contributed by atoms with van der Waals surface area (Å²) in [5, 5.41) is 12.3. The zero-order chi connectivity index (χ0) is 49.2. The third-order valence-corrected chi connectivity index (χ3v) is 16.0. The number of rotatable bonds is 13. The van der Waals surface area contributed by atoms with Crippen LogP contribution in [-0.4, -0.2) is 98.2 Å². The molecule has 386 valence electrons. The van der Waals surface area contributed by atoms with Gasteiger partial charge in [0, 0.05) is 40.9 Å². The Labute approximate surface area is 419 Å². The molecule has 0 atom stereocenters. The van der Waals surface area contributed by atoms with Gasteiger partial charge in [-0.05, 0) is 122 Å². The molecular formula is C56H86N8O6. The molecule has 14 heteroatoms. The van der Waals surface area contributed by atoms with Gasteiger partial charge in [-0.2, -0.15) is 0 Å². The molecule has 1 aromatic carbocycles. The second kappa shape index (κ2) is 27.3. The minimum Gasteiger partial charge on any atom is -0.335 e. The SMILES string of the molecule is CC/C(C)=N/OC(=NC1CCCCC1)N(C(=O)c1cc(C(=O)N(C(=O)NC2CCCCC2)C2CCCCC2)cc(C(=O)N(C(=NC2CCCCC2)O/N=C(\C)CC)C2CCCCC2)c1)C1CCCCC1. The molecule has 0 spiro atoms. The van der Waals surface area contributed by atoms with Gasteiger partial charge in [-0.15, -0.1) is 0 Å². The maximum Gasteiger partial charge on any atom is 0.325 e. The Bertz CT molecular complexity index is 1910. The van der Waals surface area contributed by atoms with Crippen LogP contribution in [0.15, 0.2) is 38.5 Å². The Hall–Kier alpha value is -4.62. The lowest BCUT2D eigenvalue weighted by Crippen LogP contribution is -2.53.